The molecule has 0 aliphatic heterocycles. The van der Waals surface area contributed by atoms with Crippen LogP contribution in [0.4, 0.5) is 8.78 Å². The predicted octanol–water partition coefficient (Wildman–Crippen LogP) is 35.0. The summed E-state index contributed by atoms with van der Waals surface area (Å²) in [5, 5.41) is 4.17. The molecular formula is C99H128Cl2F2N4O3S6Se2. The molecule has 0 spiro atoms. The fraction of sp³-hybridized carbons (Fsp3) is 0.556. The molecule has 7 nitrogen and oxygen atoms in total. The number of aryl methyl sites for hydroxylation is 2. The Balaban J connectivity index is 0.895. The van der Waals surface area contributed by atoms with Gasteiger partial charge in [-0.2, -0.15) is 0 Å². The molecule has 2 unspecified atom stereocenters. The molecule has 0 N–H and O–H groups in total. The van der Waals surface area contributed by atoms with Crippen molar-refractivity contribution in [2.45, 2.75) is 326 Å². The van der Waals surface area contributed by atoms with Gasteiger partial charge in [-0.1, -0.05) is 177 Å². The van der Waals surface area contributed by atoms with Crippen molar-refractivity contribution in [3.63, 3.8) is 0 Å². The van der Waals surface area contributed by atoms with Crippen molar-refractivity contribution >= 4 is 163 Å². The van der Waals surface area contributed by atoms with Gasteiger partial charge in [0.2, 0.25) is 0 Å². The molecule has 638 valence electrons. The van der Waals surface area contributed by atoms with Gasteiger partial charge in [-0.25, -0.2) is 0 Å². The maximum atomic E-state index is 17.5. The van der Waals surface area contributed by atoms with Crippen LogP contribution in [-0.4, -0.2) is 65.7 Å². The molecule has 8 aromatic heterocycles. The molecule has 8 heterocycles. The van der Waals surface area contributed by atoms with E-state index in [2.05, 4.69) is 99.6 Å². The van der Waals surface area contributed by atoms with Crippen LogP contribution in [0, 0.1) is 44.2 Å². The maximum absolute atomic E-state index is 17.5. The Kier molecular flexibility index (Phi) is 37.5. The molecule has 0 saturated heterocycles. The minimum absolute atomic E-state index is 0.206. The van der Waals surface area contributed by atoms with E-state index in [1.54, 1.807) is 12.1 Å². The molecule has 0 aliphatic carbocycles. The Bertz CT molecular complexity index is 5020. The van der Waals surface area contributed by atoms with E-state index in [1.165, 1.54) is 271 Å². The average Bonchev–Trinajstić information content (AvgIpc) is 1.55. The zero-order chi connectivity index (χ0) is 82.9. The third-order valence-corrected chi connectivity index (χ3v) is 34.2. The number of thiophene rings is 6. The Morgan fingerprint density at radius 2 is 0.695 bits per heavy atom. The van der Waals surface area contributed by atoms with Crippen molar-refractivity contribution in [2.24, 2.45) is 11.8 Å². The SMILES string of the molecule is CCCCCCCCCCCCOc1c(OCCCCCCCCCCCC)c(-c2ccc(-c3ccc(-c4ccc(-c5c(OCCCCCCCCCCCC)c(C)c(-c6cc7c(-c8cc(Cl)c(CC(CC)CCCC)s8)c8sc(C)cc8c(-c8cc(Cl)c(CC(CC)CCCC)s8)c7s6)c6n[se]nc56)s4)c(F)c3F)s2)c2n[se]nc2c1C. The van der Waals surface area contributed by atoms with Crippen LogP contribution in [0.2, 0.25) is 10.0 Å². The van der Waals surface area contributed by atoms with Crippen LogP contribution in [0.15, 0.2) is 60.7 Å². The number of benzene rings is 4. The number of nitrogens with zero attached hydrogens (tertiary/aromatic N) is 4. The van der Waals surface area contributed by atoms with E-state index < -0.39 is 26.6 Å². The van der Waals surface area contributed by atoms with E-state index in [1.807, 2.05) is 63.5 Å². The molecule has 118 heavy (non-hydrogen) atoms. The van der Waals surface area contributed by atoms with E-state index >= 15 is 8.78 Å². The van der Waals surface area contributed by atoms with E-state index in [0.717, 1.165) is 150 Å². The summed E-state index contributed by atoms with van der Waals surface area (Å²) in [6.07, 6.45) is 48.3. The van der Waals surface area contributed by atoms with Crippen molar-refractivity contribution in [3.8, 4) is 90.3 Å². The molecule has 12 rings (SSSR count). The number of hydrogen-bond acceptors (Lipinski definition) is 13. The first-order valence-corrected chi connectivity index (χ1v) is 54.2. The van der Waals surface area contributed by atoms with E-state index in [4.69, 9.17) is 53.3 Å². The van der Waals surface area contributed by atoms with Crippen molar-refractivity contribution in [2.75, 3.05) is 19.8 Å². The van der Waals surface area contributed by atoms with Gasteiger partial charge in [0.15, 0.2) is 0 Å². The molecule has 0 amide bonds. The topological polar surface area (TPSA) is 79.2 Å². The first kappa shape index (κ1) is 92.8. The molecule has 0 fully saturated rings. The number of hydrogen-bond donors (Lipinski definition) is 0. The van der Waals surface area contributed by atoms with Crippen LogP contribution in [0.1, 0.15) is 318 Å². The number of aromatic nitrogens is 4. The van der Waals surface area contributed by atoms with Crippen LogP contribution in [0.3, 0.4) is 0 Å². The van der Waals surface area contributed by atoms with Gasteiger partial charge in [-0.15, -0.1) is 0 Å². The number of ether oxygens (including phenoxy) is 3. The fourth-order valence-corrected chi connectivity index (χ4v) is 27.5. The molecule has 4 aromatic carbocycles. The van der Waals surface area contributed by atoms with Crippen LogP contribution < -0.4 is 14.2 Å². The van der Waals surface area contributed by atoms with Gasteiger partial charge in [0, 0.05) is 0 Å². The molecule has 12 aromatic rings. The Morgan fingerprint density at radius 3 is 1.14 bits per heavy atom. The molecule has 0 saturated carbocycles. The Hall–Kier alpha value is -4.32. The molecule has 19 heteroatoms. The fourth-order valence-electron chi connectivity index (χ4n) is 17.2. The summed E-state index contributed by atoms with van der Waals surface area (Å²) >= 11 is 24.5. The number of halogens is 4. The van der Waals surface area contributed by atoms with Gasteiger partial charge in [-0.3, -0.25) is 0 Å². The number of rotatable bonds is 55. The van der Waals surface area contributed by atoms with Crippen LogP contribution in [0.5, 0.6) is 17.2 Å². The van der Waals surface area contributed by atoms with Gasteiger partial charge in [-0.05, 0) is 0 Å². The number of fused-ring (bicyclic) bond motifs is 4. The van der Waals surface area contributed by atoms with Gasteiger partial charge < -0.3 is 0 Å². The summed E-state index contributed by atoms with van der Waals surface area (Å²) < 4.78 is 79.4. The van der Waals surface area contributed by atoms with Crippen molar-refractivity contribution in [1.82, 2.24) is 15.9 Å². The first-order valence-electron chi connectivity index (χ1n) is 45.5. The number of unbranched alkanes of at least 4 members (excludes halogenated alkanes) is 29. The second kappa shape index (κ2) is 47.7. The second-order valence-corrected chi connectivity index (χ2v) is 43.0. The summed E-state index contributed by atoms with van der Waals surface area (Å²) in [7, 11) is 0. The second-order valence-electron chi connectivity index (χ2n) is 33.2. The van der Waals surface area contributed by atoms with Gasteiger partial charge >= 0.3 is 582 Å². The quantitative estimate of drug-likeness (QED) is 0.0278. The molecule has 2 atom stereocenters. The monoisotopic (exact) mass is 1880 g/mol. The first-order chi connectivity index (χ1) is 57.7. The summed E-state index contributed by atoms with van der Waals surface area (Å²) in [6.45, 7) is 24.3. The summed E-state index contributed by atoms with van der Waals surface area (Å²) in [4.78, 5) is 10.3. The Morgan fingerprint density at radius 1 is 0.339 bits per heavy atom. The van der Waals surface area contributed by atoms with E-state index in [-0.39, 0.29) is 26.1 Å². The minimum atomic E-state index is -0.885. The molecule has 0 bridgehead atoms. The van der Waals surface area contributed by atoms with Gasteiger partial charge in [0.25, 0.3) is 0 Å². The molecule has 0 aliphatic rings. The average molecular weight is 1880 g/mol. The molecular weight excluding hydrogens is 1750 g/mol. The van der Waals surface area contributed by atoms with Crippen molar-refractivity contribution in [1.29, 1.82) is 0 Å². The third-order valence-electron chi connectivity index (χ3n) is 24.2. The summed E-state index contributed by atoms with van der Waals surface area (Å²) in [6, 6.07) is 20.8. The standard InChI is InChI=1S/C99H128Cl2F2N4O3S6Se2/c1-11-18-23-26-29-32-35-38-41-44-55-108-95-65(9)84(81-61-72-86(83-63-74(101)80(115-83)60-68(17-7)48-22-15-5)98-71(58-64(8)111-98)85(99(72)116-81)82-62-73(100)79(114-82)59-67(16-6)47-21-14-4)92-94(107-118-105-92)87(95)77-53-51-75(112-77)69-49-50-70(90(103)89(69)102)76-52-54-78(113-76)88-93-91(104-117-106-93)66(10)96(109-56-45-42-39-36-33-30-27-24-19-12-2)97(88)110-57-46-43-40-37-34-31-28-25-20-13-3/h49-54,58,61-63,67-68H,11-48,55-57,59-60H2,1-10H3. The van der Waals surface area contributed by atoms with Crippen molar-refractivity contribution in [3.05, 3.63) is 108 Å². The molecule has 0 radical (unpaired) electrons. The van der Waals surface area contributed by atoms with Crippen molar-refractivity contribution < 1.29 is 23.0 Å². The normalized spacial score (nSPS) is 12.5. The Labute approximate surface area is 751 Å². The summed E-state index contributed by atoms with van der Waals surface area (Å²) in [5.74, 6) is 1.55. The third kappa shape index (κ3) is 23.4. The van der Waals surface area contributed by atoms with Gasteiger partial charge in [0.05, 0.1) is 0 Å². The van der Waals surface area contributed by atoms with Crippen LogP contribution >= 0.6 is 91.2 Å². The van der Waals surface area contributed by atoms with Crippen LogP contribution in [0.25, 0.3) is 115 Å². The van der Waals surface area contributed by atoms with E-state index in [0.29, 0.717) is 47.2 Å². The predicted molar refractivity (Wildman–Crippen MR) is 517 cm³/mol. The van der Waals surface area contributed by atoms with Crippen LogP contribution in [-0.2, 0) is 12.8 Å². The zero-order valence-corrected chi connectivity index (χ0v) is 82.0. The zero-order valence-electron chi connectivity index (χ0n) is 72.1. The van der Waals surface area contributed by atoms with E-state index in [9.17, 15) is 0 Å². The van der Waals surface area contributed by atoms with Gasteiger partial charge in [0.1, 0.15) is 0 Å². The summed E-state index contributed by atoms with van der Waals surface area (Å²) in [5.41, 5.74) is 10.9.